The molecule has 0 aliphatic carbocycles. The van der Waals surface area contributed by atoms with Gasteiger partial charge in [0.2, 0.25) is 0 Å². The van der Waals surface area contributed by atoms with Crippen LogP contribution in [-0.4, -0.2) is 18.6 Å². The third-order valence-electron chi connectivity index (χ3n) is 1.62. The van der Waals surface area contributed by atoms with Crippen LogP contribution in [0.15, 0.2) is 24.3 Å². The monoisotopic (exact) mass is 186 g/mol. The SMILES string of the molecule is C=C(/C=C/CN(C)NS)C(C)C. The van der Waals surface area contributed by atoms with Crippen LogP contribution in [-0.2, 0) is 0 Å². The zero-order valence-corrected chi connectivity index (χ0v) is 8.94. The van der Waals surface area contributed by atoms with Gasteiger partial charge in [-0.1, -0.05) is 51.0 Å². The summed E-state index contributed by atoms with van der Waals surface area (Å²) in [7, 11) is 1.93. The summed E-state index contributed by atoms with van der Waals surface area (Å²) in [6.45, 7) is 9.03. The van der Waals surface area contributed by atoms with Gasteiger partial charge in [0.05, 0.1) is 0 Å². The molecular weight excluding hydrogens is 168 g/mol. The fourth-order valence-electron chi connectivity index (χ4n) is 0.595. The van der Waals surface area contributed by atoms with Crippen LogP contribution in [0.25, 0.3) is 0 Å². The smallest absolute Gasteiger partial charge is 0.0320 e. The Bertz CT molecular complexity index is 164. The number of hydrogen-bond donors (Lipinski definition) is 2. The second-order valence-electron chi connectivity index (χ2n) is 3.11. The van der Waals surface area contributed by atoms with E-state index in [1.807, 2.05) is 18.1 Å². The van der Waals surface area contributed by atoms with E-state index >= 15 is 0 Å². The Morgan fingerprint density at radius 3 is 2.67 bits per heavy atom. The van der Waals surface area contributed by atoms with Crippen molar-refractivity contribution in [3.05, 3.63) is 24.3 Å². The molecule has 0 saturated heterocycles. The molecule has 0 aromatic carbocycles. The minimum atomic E-state index is 0.524. The topological polar surface area (TPSA) is 15.3 Å². The maximum atomic E-state index is 3.93. The minimum Gasteiger partial charge on any atom is -0.234 e. The number of likely N-dealkylation sites (N-methyl/N-ethyl adjacent to an activating group) is 1. The van der Waals surface area contributed by atoms with Gasteiger partial charge in [-0.15, -0.1) is 0 Å². The van der Waals surface area contributed by atoms with Crippen LogP contribution < -0.4 is 4.83 Å². The summed E-state index contributed by atoms with van der Waals surface area (Å²) in [5.74, 6) is 0.524. The molecule has 0 unspecified atom stereocenters. The minimum absolute atomic E-state index is 0.524. The second kappa shape index (κ2) is 6.29. The fraction of sp³-hybridized carbons (Fsp3) is 0.556. The molecule has 0 saturated carbocycles. The van der Waals surface area contributed by atoms with E-state index in [0.717, 1.165) is 12.1 Å². The summed E-state index contributed by atoms with van der Waals surface area (Å²) in [5, 5.41) is 1.87. The Morgan fingerprint density at radius 1 is 1.67 bits per heavy atom. The first-order valence-corrected chi connectivity index (χ1v) is 4.49. The van der Waals surface area contributed by atoms with Gasteiger partial charge in [0.25, 0.3) is 0 Å². The van der Waals surface area contributed by atoms with Crippen LogP contribution in [0.2, 0.25) is 0 Å². The highest BCUT2D eigenvalue weighted by molar-refractivity contribution is 7.78. The maximum Gasteiger partial charge on any atom is 0.0320 e. The Hall–Kier alpha value is -0.250. The lowest BCUT2D eigenvalue weighted by Gasteiger charge is -2.10. The molecule has 0 aromatic rings. The average Bonchev–Trinajstić information content (AvgIpc) is 2.03. The highest BCUT2D eigenvalue weighted by Gasteiger charge is 1.94. The van der Waals surface area contributed by atoms with Gasteiger partial charge < -0.3 is 0 Å². The zero-order valence-electron chi connectivity index (χ0n) is 8.04. The number of thiol groups is 1. The third kappa shape index (κ3) is 5.41. The molecule has 0 atom stereocenters. The van der Waals surface area contributed by atoms with Crippen molar-refractivity contribution in [2.75, 3.05) is 13.6 Å². The normalized spacial score (nSPS) is 11.8. The summed E-state index contributed by atoms with van der Waals surface area (Å²) in [6, 6.07) is 0. The van der Waals surface area contributed by atoms with Crippen molar-refractivity contribution in [2.24, 2.45) is 5.92 Å². The van der Waals surface area contributed by atoms with Crippen molar-refractivity contribution in [1.82, 2.24) is 9.84 Å². The van der Waals surface area contributed by atoms with Gasteiger partial charge in [0, 0.05) is 13.6 Å². The zero-order chi connectivity index (χ0) is 9.56. The predicted molar refractivity (Wildman–Crippen MR) is 57.9 cm³/mol. The molecule has 0 rings (SSSR count). The van der Waals surface area contributed by atoms with Gasteiger partial charge in [-0.2, -0.15) is 0 Å². The summed E-state index contributed by atoms with van der Waals surface area (Å²) in [6.07, 6.45) is 4.11. The Labute approximate surface area is 80.8 Å². The summed E-state index contributed by atoms with van der Waals surface area (Å²) in [4.78, 5) is 2.71. The Morgan fingerprint density at radius 2 is 2.25 bits per heavy atom. The quantitative estimate of drug-likeness (QED) is 0.388. The van der Waals surface area contributed by atoms with E-state index in [2.05, 4.69) is 44.1 Å². The Balaban J connectivity index is 3.69. The van der Waals surface area contributed by atoms with Crippen LogP contribution in [0, 0.1) is 5.92 Å². The highest BCUT2D eigenvalue weighted by atomic mass is 32.1. The standard InChI is InChI=1S/C9H18N2S/c1-8(2)9(3)6-5-7-11(4)10-12/h5-6,8,10,12H,3,7H2,1-2,4H3/b6-5+. The van der Waals surface area contributed by atoms with E-state index in [1.54, 1.807) is 0 Å². The maximum absolute atomic E-state index is 3.93. The van der Waals surface area contributed by atoms with Gasteiger partial charge >= 0.3 is 0 Å². The number of hydrogen-bond acceptors (Lipinski definition) is 3. The van der Waals surface area contributed by atoms with Crippen molar-refractivity contribution < 1.29 is 0 Å². The van der Waals surface area contributed by atoms with Gasteiger partial charge in [-0.25, -0.2) is 9.84 Å². The van der Waals surface area contributed by atoms with Crippen molar-refractivity contribution >= 4 is 12.8 Å². The molecule has 0 heterocycles. The van der Waals surface area contributed by atoms with Crippen molar-refractivity contribution in [2.45, 2.75) is 13.8 Å². The number of nitrogens with one attached hydrogen (secondary N) is 1. The second-order valence-corrected chi connectivity index (χ2v) is 3.31. The molecule has 0 spiro atoms. The average molecular weight is 186 g/mol. The van der Waals surface area contributed by atoms with Gasteiger partial charge in [0.15, 0.2) is 0 Å². The van der Waals surface area contributed by atoms with E-state index in [-0.39, 0.29) is 0 Å². The molecule has 1 N–H and O–H groups in total. The summed E-state index contributed by atoms with van der Waals surface area (Å²) >= 11 is 3.90. The molecule has 0 aromatic heterocycles. The lowest BCUT2D eigenvalue weighted by atomic mass is 10.1. The molecule has 2 nitrogen and oxygen atoms in total. The van der Waals surface area contributed by atoms with Crippen molar-refractivity contribution in [3.8, 4) is 0 Å². The molecule has 3 heteroatoms. The molecule has 0 fully saturated rings. The number of hydrazine groups is 1. The van der Waals surface area contributed by atoms with E-state index in [1.165, 1.54) is 0 Å². The molecule has 0 radical (unpaired) electrons. The summed E-state index contributed by atoms with van der Waals surface area (Å²) < 4.78 is 0. The van der Waals surface area contributed by atoms with Crippen LogP contribution in [0.3, 0.4) is 0 Å². The summed E-state index contributed by atoms with van der Waals surface area (Å²) in [5.41, 5.74) is 1.16. The predicted octanol–water partition coefficient (Wildman–Crippen LogP) is 2.04. The number of rotatable bonds is 5. The van der Waals surface area contributed by atoms with E-state index in [9.17, 15) is 0 Å². The number of nitrogens with zero attached hydrogens (tertiary/aromatic N) is 1. The largest absolute Gasteiger partial charge is 0.234 e. The molecule has 0 bridgehead atoms. The van der Waals surface area contributed by atoms with Gasteiger partial charge in [-0.3, -0.25) is 0 Å². The van der Waals surface area contributed by atoms with E-state index in [0.29, 0.717) is 5.92 Å². The van der Waals surface area contributed by atoms with Crippen LogP contribution in [0.1, 0.15) is 13.8 Å². The molecular formula is C9H18N2S. The first-order chi connectivity index (χ1) is 5.57. The number of allylic oxidation sites excluding steroid dienone is 2. The first-order valence-electron chi connectivity index (χ1n) is 4.04. The third-order valence-corrected chi connectivity index (χ3v) is 1.96. The Kier molecular flexibility index (Phi) is 6.16. The van der Waals surface area contributed by atoms with E-state index in [4.69, 9.17) is 0 Å². The van der Waals surface area contributed by atoms with Crippen molar-refractivity contribution in [1.29, 1.82) is 0 Å². The molecule has 12 heavy (non-hydrogen) atoms. The van der Waals surface area contributed by atoms with Gasteiger partial charge in [0.1, 0.15) is 0 Å². The van der Waals surface area contributed by atoms with Crippen LogP contribution in [0.5, 0.6) is 0 Å². The van der Waals surface area contributed by atoms with Gasteiger partial charge in [-0.05, 0) is 5.92 Å². The lowest BCUT2D eigenvalue weighted by molar-refractivity contribution is 0.348. The van der Waals surface area contributed by atoms with Crippen molar-refractivity contribution in [3.63, 3.8) is 0 Å². The fourth-order valence-corrected chi connectivity index (χ4v) is 0.677. The molecule has 70 valence electrons. The lowest BCUT2D eigenvalue weighted by Crippen LogP contribution is -2.26. The molecule has 0 aliphatic rings. The van der Waals surface area contributed by atoms with Crippen LogP contribution >= 0.6 is 12.8 Å². The van der Waals surface area contributed by atoms with Crippen LogP contribution in [0.4, 0.5) is 0 Å². The molecule has 0 amide bonds. The highest BCUT2D eigenvalue weighted by Crippen LogP contribution is 2.07. The van der Waals surface area contributed by atoms with E-state index < -0.39 is 0 Å². The first kappa shape index (κ1) is 11.8. The molecule has 0 aliphatic heterocycles.